The predicted molar refractivity (Wildman–Crippen MR) is 71.6 cm³/mol. The number of carbonyl (C=O) groups excluding carboxylic acids is 1. The third-order valence-electron chi connectivity index (χ3n) is 2.65. The first kappa shape index (κ1) is 12.7. The number of pyridine rings is 1. The number of aromatic nitrogens is 1. The van der Waals surface area contributed by atoms with Crippen LogP contribution in [0.4, 0.5) is 0 Å². The number of hydrogen-bond acceptors (Lipinski definition) is 3. The summed E-state index contributed by atoms with van der Waals surface area (Å²) in [6, 6.07) is 11.8. The number of benzene rings is 1. The minimum absolute atomic E-state index is 0.0752. The molecule has 0 saturated carbocycles. The molecule has 2 aromatic rings. The highest BCUT2D eigenvalue weighted by atomic mass is 16.5. The minimum atomic E-state index is 0.0752. The quantitative estimate of drug-likeness (QED) is 0.732. The van der Waals surface area contributed by atoms with Crippen LogP contribution in [0.5, 0.6) is 0 Å². The van der Waals surface area contributed by atoms with Gasteiger partial charge in [-0.1, -0.05) is 31.2 Å². The summed E-state index contributed by atoms with van der Waals surface area (Å²) in [6.07, 6.45) is 1.27. The van der Waals surface area contributed by atoms with Crippen molar-refractivity contribution in [1.29, 1.82) is 0 Å². The SMILES string of the molecule is CCCOCC(=O)Cc1ccc2ccccc2n1. The van der Waals surface area contributed by atoms with Gasteiger partial charge in [-0.3, -0.25) is 9.78 Å². The van der Waals surface area contributed by atoms with Crippen molar-refractivity contribution in [2.24, 2.45) is 0 Å². The Morgan fingerprint density at radius 3 is 2.89 bits per heavy atom. The number of nitrogens with zero attached hydrogens (tertiary/aromatic N) is 1. The normalized spacial score (nSPS) is 10.7. The molecule has 0 aliphatic carbocycles. The molecule has 18 heavy (non-hydrogen) atoms. The Kier molecular flexibility index (Phi) is 4.42. The van der Waals surface area contributed by atoms with Gasteiger partial charge in [0.15, 0.2) is 5.78 Å². The summed E-state index contributed by atoms with van der Waals surface area (Å²) in [5.41, 5.74) is 1.73. The number of ketones is 1. The lowest BCUT2D eigenvalue weighted by atomic mass is 10.1. The lowest BCUT2D eigenvalue weighted by molar-refractivity contribution is -0.122. The fourth-order valence-corrected chi connectivity index (χ4v) is 1.79. The molecular formula is C15H17NO2. The average molecular weight is 243 g/mol. The van der Waals surface area contributed by atoms with Crippen LogP contribution in [0.3, 0.4) is 0 Å². The maximum atomic E-state index is 11.7. The average Bonchev–Trinajstić information content (AvgIpc) is 2.39. The lowest BCUT2D eigenvalue weighted by Crippen LogP contribution is -2.12. The molecule has 1 heterocycles. The highest BCUT2D eigenvalue weighted by molar-refractivity contribution is 5.83. The first-order valence-electron chi connectivity index (χ1n) is 6.23. The van der Waals surface area contributed by atoms with Crippen molar-refractivity contribution < 1.29 is 9.53 Å². The number of hydrogen-bond donors (Lipinski definition) is 0. The van der Waals surface area contributed by atoms with E-state index < -0.39 is 0 Å². The van der Waals surface area contributed by atoms with E-state index in [9.17, 15) is 4.79 Å². The summed E-state index contributed by atoms with van der Waals surface area (Å²) in [6.45, 7) is 2.84. The van der Waals surface area contributed by atoms with Gasteiger partial charge in [0.25, 0.3) is 0 Å². The molecule has 0 aliphatic rings. The number of para-hydroxylation sites is 1. The molecule has 0 aliphatic heterocycles. The molecule has 0 fully saturated rings. The molecule has 3 nitrogen and oxygen atoms in total. The van der Waals surface area contributed by atoms with Crippen molar-refractivity contribution in [2.75, 3.05) is 13.2 Å². The second-order valence-corrected chi connectivity index (χ2v) is 4.26. The fraction of sp³-hybridized carbons (Fsp3) is 0.333. The fourth-order valence-electron chi connectivity index (χ4n) is 1.79. The molecule has 1 aromatic heterocycles. The largest absolute Gasteiger partial charge is 0.374 e. The van der Waals surface area contributed by atoms with Crippen LogP contribution in [0.2, 0.25) is 0 Å². The Bertz CT molecular complexity index is 537. The van der Waals surface area contributed by atoms with Crippen molar-refractivity contribution in [1.82, 2.24) is 4.98 Å². The minimum Gasteiger partial charge on any atom is -0.374 e. The summed E-state index contributed by atoms with van der Waals surface area (Å²) in [4.78, 5) is 16.1. The lowest BCUT2D eigenvalue weighted by Gasteiger charge is -2.03. The van der Waals surface area contributed by atoms with E-state index in [1.165, 1.54) is 0 Å². The Balaban J connectivity index is 2.01. The van der Waals surface area contributed by atoms with E-state index in [4.69, 9.17) is 4.74 Å². The van der Waals surface area contributed by atoms with E-state index >= 15 is 0 Å². The molecule has 0 N–H and O–H groups in total. The number of fused-ring (bicyclic) bond motifs is 1. The number of ether oxygens (including phenoxy) is 1. The summed E-state index contributed by atoms with van der Waals surface area (Å²) in [5, 5.41) is 1.09. The summed E-state index contributed by atoms with van der Waals surface area (Å²) in [5.74, 6) is 0.0752. The van der Waals surface area contributed by atoms with E-state index in [-0.39, 0.29) is 12.4 Å². The molecule has 1 aromatic carbocycles. The third kappa shape index (κ3) is 3.37. The Morgan fingerprint density at radius 1 is 1.22 bits per heavy atom. The van der Waals surface area contributed by atoms with Crippen LogP contribution in [0.25, 0.3) is 10.9 Å². The van der Waals surface area contributed by atoms with E-state index in [1.54, 1.807) is 0 Å². The van der Waals surface area contributed by atoms with Gasteiger partial charge in [-0.2, -0.15) is 0 Å². The van der Waals surface area contributed by atoms with E-state index in [1.807, 2.05) is 43.3 Å². The number of rotatable bonds is 6. The van der Waals surface area contributed by atoms with Crippen molar-refractivity contribution in [3.05, 3.63) is 42.1 Å². The van der Waals surface area contributed by atoms with Gasteiger partial charge in [-0.05, 0) is 18.6 Å². The van der Waals surface area contributed by atoms with Crippen molar-refractivity contribution >= 4 is 16.7 Å². The second kappa shape index (κ2) is 6.26. The first-order valence-corrected chi connectivity index (χ1v) is 6.23. The molecule has 0 saturated heterocycles. The zero-order valence-corrected chi connectivity index (χ0v) is 10.6. The van der Waals surface area contributed by atoms with Crippen LogP contribution >= 0.6 is 0 Å². The zero-order chi connectivity index (χ0) is 12.8. The van der Waals surface area contributed by atoms with Crippen LogP contribution in [-0.4, -0.2) is 24.0 Å². The Morgan fingerprint density at radius 2 is 2.06 bits per heavy atom. The Labute approximate surface area is 107 Å². The zero-order valence-electron chi connectivity index (χ0n) is 10.6. The van der Waals surface area contributed by atoms with Crippen molar-refractivity contribution in [2.45, 2.75) is 19.8 Å². The summed E-state index contributed by atoms with van der Waals surface area (Å²) >= 11 is 0. The van der Waals surface area contributed by atoms with Gasteiger partial charge in [0, 0.05) is 17.7 Å². The monoisotopic (exact) mass is 243 g/mol. The molecular weight excluding hydrogens is 226 g/mol. The topological polar surface area (TPSA) is 39.2 Å². The molecule has 0 bridgehead atoms. The van der Waals surface area contributed by atoms with Gasteiger partial charge < -0.3 is 4.74 Å². The molecule has 0 amide bonds. The van der Waals surface area contributed by atoms with Gasteiger partial charge in [-0.15, -0.1) is 0 Å². The first-order chi connectivity index (χ1) is 8.79. The van der Waals surface area contributed by atoms with Gasteiger partial charge in [0.1, 0.15) is 6.61 Å². The van der Waals surface area contributed by atoms with Crippen LogP contribution in [0.1, 0.15) is 19.0 Å². The van der Waals surface area contributed by atoms with Crippen LogP contribution in [-0.2, 0) is 16.0 Å². The summed E-state index contributed by atoms with van der Waals surface area (Å²) in [7, 11) is 0. The van der Waals surface area contributed by atoms with Gasteiger partial charge in [-0.25, -0.2) is 0 Å². The van der Waals surface area contributed by atoms with E-state index in [0.717, 1.165) is 23.0 Å². The second-order valence-electron chi connectivity index (χ2n) is 4.26. The van der Waals surface area contributed by atoms with Crippen molar-refractivity contribution in [3.63, 3.8) is 0 Å². The smallest absolute Gasteiger partial charge is 0.164 e. The Hall–Kier alpha value is -1.74. The molecule has 94 valence electrons. The van der Waals surface area contributed by atoms with E-state index in [0.29, 0.717) is 13.0 Å². The van der Waals surface area contributed by atoms with Gasteiger partial charge in [0.2, 0.25) is 0 Å². The highest BCUT2D eigenvalue weighted by Gasteiger charge is 2.05. The molecule has 0 unspecified atom stereocenters. The van der Waals surface area contributed by atoms with Gasteiger partial charge in [0.05, 0.1) is 11.9 Å². The maximum Gasteiger partial charge on any atom is 0.164 e. The standard InChI is InChI=1S/C15H17NO2/c1-2-9-18-11-14(17)10-13-8-7-12-5-3-4-6-15(12)16-13/h3-8H,2,9-11H2,1H3. The van der Waals surface area contributed by atoms with E-state index in [2.05, 4.69) is 4.98 Å². The molecule has 0 atom stereocenters. The molecule has 0 radical (unpaired) electrons. The molecule has 3 heteroatoms. The van der Waals surface area contributed by atoms with Crippen LogP contribution in [0, 0.1) is 0 Å². The predicted octanol–water partition coefficient (Wildman–Crippen LogP) is 2.77. The number of Topliss-reactive ketones (excluding diaryl/α,β-unsaturated/α-hetero) is 1. The summed E-state index contributed by atoms with van der Waals surface area (Å²) < 4.78 is 5.23. The highest BCUT2D eigenvalue weighted by Crippen LogP contribution is 2.12. The van der Waals surface area contributed by atoms with Crippen molar-refractivity contribution in [3.8, 4) is 0 Å². The molecule has 0 spiro atoms. The number of carbonyl (C=O) groups is 1. The van der Waals surface area contributed by atoms with Gasteiger partial charge >= 0.3 is 0 Å². The van der Waals surface area contributed by atoms with Crippen LogP contribution in [0.15, 0.2) is 36.4 Å². The van der Waals surface area contributed by atoms with Crippen LogP contribution < -0.4 is 0 Å². The maximum absolute atomic E-state index is 11.7. The molecule has 2 rings (SSSR count). The third-order valence-corrected chi connectivity index (χ3v) is 2.65.